The number of halogens is 12. The maximum atomic E-state index is 14.3. The Hall–Kier alpha value is -3.70. The first-order valence-corrected chi connectivity index (χ1v) is 8.74. The zero-order valence-electron chi connectivity index (χ0n) is 16.0. The molecule has 0 amide bonds. The minimum absolute atomic E-state index is 0.290. The molecule has 0 unspecified atom stereocenters. The van der Waals surface area contributed by atoms with Crippen molar-refractivity contribution in [3.63, 3.8) is 0 Å². The third kappa shape index (κ3) is 4.27. The van der Waals surface area contributed by atoms with Crippen molar-refractivity contribution < 1.29 is 52.7 Å². The van der Waals surface area contributed by atoms with Gasteiger partial charge in [-0.05, 0) is 24.3 Å². The topological polar surface area (TPSA) is 0 Å². The zero-order valence-corrected chi connectivity index (χ0v) is 16.0. The lowest BCUT2D eigenvalue weighted by atomic mass is 10.1. The summed E-state index contributed by atoms with van der Waals surface area (Å²) in [5, 5.41) is 0. The van der Waals surface area contributed by atoms with Gasteiger partial charge in [-0.15, -0.1) is 0 Å². The maximum Gasteiger partial charge on any atom is 0.200 e. The molecule has 0 aliphatic heterocycles. The average molecular weight is 498 g/mol. The van der Waals surface area contributed by atoms with Gasteiger partial charge < -0.3 is 0 Å². The largest absolute Gasteiger partial charge is 0.206 e. The van der Waals surface area contributed by atoms with Gasteiger partial charge in [0.25, 0.3) is 0 Å². The van der Waals surface area contributed by atoms with Crippen molar-refractivity contribution in [2.75, 3.05) is 0 Å². The molecular formula is C22H6F12. The van der Waals surface area contributed by atoms with Crippen molar-refractivity contribution in [2.45, 2.75) is 0 Å². The van der Waals surface area contributed by atoms with Gasteiger partial charge in [-0.3, -0.25) is 0 Å². The molecule has 0 heterocycles. The van der Waals surface area contributed by atoms with Crippen LogP contribution in [-0.2, 0) is 0 Å². The summed E-state index contributed by atoms with van der Waals surface area (Å²) in [6, 6.07) is 0.770. The van der Waals surface area contributed by atoms with Gasteiger partial charge in [-0.1, -0.05) is 12.2 Å². The van der Waals surface area contributed by atoms with E-state index < -0.39 is 92.1 Å². The summed E-state index contributed by atoms with van der Waals surface area (Å²) in [6.45, 7) is 0. The highest BCUT2D eigenvalue weighted by atomic mass is 19.2. The van der Waals surface area contributed by atoms with E-state index in [2.05, 4.69) is 0 Å². The van der Waals surface area contributed by atoms with E-state index >= 15 is 0 Å². The third-order valence-corrected chi connectivity index (χ3v) is 4.46. The molecular weight excluding hydrogens is 492 g/mol. The molecule has 3 aromatic carbocycles. The summed E-state index contributed by atoms with van der Waals surface area (Å²) < 4.78 is 162. The van der Waals surface area contributed by atoms with Crippen LogP contribution < -0.4 is 0 Å². The van der Waals surface area contributed by atoms with Gasteiger partial charge in [0.1, 0.15) is 11.6 Å². The molecule has 0 atom stereocenters. The molecule has 12 heteroatoms. The average Bonchev–Trinajstić information content (AvgIpc) is 2.81. The quantitative estimate of drug-likeness (QED) is 0.150. The SMILES string of the molecule is Fc1cc(/C=C/c2c(F)c(F)c(F)c(F)c2F)c(F)cc1/C=C/c1c(F)c(F)c(F)c(F)c1F. The predicted octanol–water partition coefficient (Wildman–Crippen LogP) is 7.70. The summed E-state index contributed by atoms with van der Waals surface area (Å²) in [4.78, 5) is 0. The van der Waals surface area contributed by atoms with Gasteiger partial charge in [0.2, 0.25) is 11.6 Å². The van der Waals surface area contributed by atoms with Gasteiger partial charge in [-0.25, -0.2) is 52.7 Å². The highest BCUT2D eigenvalue weighted by Gasteiger charge is 2.25. The normalized spacial score (nSPS) is 11.9. The number of hydrogen-bond acceptors (Lipinski definition) is 0. The van der Waals surface area contributed by atoms with Crippen LogP contribution in [0.1, 0.15) is 22.3 Å². The van der Waals surface area contributed by atoms with Crippen LogP contribution in [0, 0.1) is 69.8 Å². The van der Waals surface area contributed by atoms with Crippen molar-refractivity contribution in [2.24, 2.45) is 0 Å². The summed E-state index contributed by atoms with van der Waals surface area (Å²) in [7, 11) is 0. The van der Waals surface area contributed by atoms with Crippen LogP contribution in [0.15, 0.2) is 12.1 Å². The predicted molar refractivity (Wildman–Crippen MR) is 96.7 cm³/mol. The van der Waals surface area contributed by atoms with Crippen molar-refractivity contribution >= 4 is 24.3 Å². The lowest BCUT2D eigenvalue weighted by Gasteiger charge is -2.06. The first kappa shape index (κ1) is 24.9. The Bertz CT molecular complexity index is 1210. The maximum absolute atomic E-state index is 14.3. The molecule has 3 rings (SSSR count). The molecule has 3 aromatic rings. The van der Waals surface area contributed by atoms with E-state index in [0.29, 0.717) is 36.4 Å². The van der Waals surface area contributed by atoms with E-state index in [1.807, 2.05) is 0 Å². The van der Waals surface area contributed by atoms with Crippen LogP contribution >= 0.6 is 0 Å². The molecule has 0 bridgehead atoms. The third-order valence-electron chi connectivity index (χ3n) is 4.46. The fraction of sp³-hybridized carbons (Fsp3) is 0. The van der Waals surface area contributed by atoms with Crippen LogP contribution in [0.5, 0.6) is 0 Å². The second-order valence-corrected chi connectivity index (χ2v) is 6.53. The molecule has 178 valence electrons. The van der Waals surface area contributed by atoms with E-state index in [-0.39, 0.29) is 0 Å². The molecule has 0 saturated carbocycles. The van der Waals surface area contributed by atoms with Gasteiger partial charge in [0, 0.05) is 11.1 Å². The van der Waals surface area contributed by atoms with Crippen molar-refractivity contribution in [1.82, 2.24) is 0 Å². The Kier molecular flexibility index (Phi) is 6.80. The number of hydrogen-bond donors (Lipinski definition) is 0. The van der Waals surface area contributed by atoms with Crippen LogP contribution in [0.2, 0.25) is 0 Å². The Morgan fingerprint density at radius 1 is 0.324 bits per heavy atom. The van der Waals surface area contributed by atoms with E-state index in [1.165, 1.54) is 0 Å². The summed E-state index contributed by atoms with van der Waals surface area (Å²) in [5.74, 6) is -25.5. The highest BCUT2D eigenvalue weighted by Crippen LogP contribution is 2.27. The zero-order chi connectivity index (χ0) is 25.5. The molecule has 0 aliphatic rings. The Morgan fingerprint density at radius 3 is 0.824 bits per heavy atom. The van der Waals surface area contributed by atoms with Gasteiger partial charge >= 0.3 is 0 Å². The Labute approximate surface area is 182 Å². The summed E-state index contributed by atoms with van der Waals surface area (Å²) in [6.07, 6.45) is 1.54. The Morgan fingerprint density at radius 2 is 0.559 bits per heavy atom. The van der Waals surface area contributed by atoms with Crippen molar-refractivity contribution in [1.29, 1.82) is 0 Å². The molecule has 0 spiro atoms. The van der Waals surface area contributed by atoms with E-state index in [4.69, 9.17) is 0 Å². The number of rotatable bonds is 4. The first-order chi connectivity index (χ1) is 15.9. The fourth-order valence-electron chi connectivity index (χ4n) is 2.72. The number of benzene rings is 3. The molecule has 0 aromatic heterocycles. The van der Waals surface area contributed by atoms with Crippen molar-refractivity contribution in [3.05, 3.63) is 104 Å². The molecule has 0 N–H and O–H groups in total. The molecule has 34 heavy (non-hydrogen) atoms. The van der Waals surface area contributed by atoms with Crippen LogP contribution in [0.4, 0.5) is 52.7 Å². The molecule has 0 radical (unpaired) electrons. The molecule has 0 fully saturated rings. The van der Waals surface area contributed by atoms with Crippen LogP contribution in [0.3, 0.4) is 0 Å². The van der Waals surface area contributed by atoms with Crippen LogP contribution in [0.25, 0.3) is 24.3 Å². The van der Waals surface area contributed by atoms with E-state index in [9.17, 15) is 52.7 Å². The minimum atomic E-state index is -2.42. The van der Waals surface area contributed by atoms with E-state index in [0.717, 1.165) is 0 Å². The Balaban J connectivity index is 2.00. The van der Waals surface area contributed by atoms with Crippen molar-refractivity contribution in [3.8, 4) is 0 Å². The second-order valence-electron chi connectivity index (χ2n) is 6.53. The van der Waals surface area contributed by atoms with Crippen LogP contribution in [-0.4, -0.2) is 0 Å². The van der Waals surface area contributed by atoms with Gasteiger partial charge in [0.05, 0.1) is 11.1 Å². The van der Waals surface area contributed by atoms with Gasteiger partial charge in [-0.2, -0.15) is 0 Å². The minimum Gasteiger partial charge on any atom is -0.206 e. The van der Waals surface area contributed by atoms with Gasteiger partial charge in [0.15, 0.2) is 46.5 Å². The lowest BCUT2D eigenvalue weighted by Crippen LogP contribution is -2.04. The smallest absolute Gasteiger partial charge is 0.200 e. The molecule has 0 saturated heterocycles. The second kappa shape index (κ2) is 9.27. The monoisotopic (exact) mass is 498 g/mol. The fourth-order valence-corrected chi connectivity index (χ4v) is 2.72. The lowest BCUT2D eigenvalue weighted by molar-refractivity contribution is 0.377. The molecule has 0 aliphatic carbocycles. The highest BCUT2D eigenvalue weighted by molar-refractivity contribution is 5.74. The first-order valence-electron chi connectivity index (χ1n) is 8.74. The van der Waals surface area contributed by atoms with E-state index in [1.54, 1.807) is 0 Å². The molecule has 0 nitrogen and oxygen atoms in total. The summed E-state index contributed by atoms with van der Waals surface area (Å²) in [5.41, 5.74) is -4.36. The summed E-state index contributed by atoms with van der Waals surface area (Å²) >= 11 is 0. The standard InChI is InChI=1S/C22H6F12/c23-11-6-8(2-4-10-15(27)19(31)22(34)20(32)16(10)28)12(24)5-7(11)1-3-9-13(25)17(29)21(33)18(30)14(9)26/h1-6H/b3-1+,4-2+.